The average Bonchev–Trinajstić information content (AvgIpc) is 3.22. The Balaban J connectivity index is 0.00000312. The Bertz CT molecular complexity index is 523. The number of likely N-dealkylation sites (tertiary alicyclic amines) is 1. The number of aromatic nitrogens is 1. The molecule has 1 saturated heterocycles. The third kappa shape index (κ3) is 7.36. The molecule has 0 amide bonds. The van der Waals surface area contributed by atoms with Gasteiger partial charge < -0.3 is 15.4 Å². The first kappa shape index (κ1) is 22.6. The number of hydrogen-bond donors (Lipinski definition) is 2. The highest BCUT2D eigenvalue weighted by atomic mass is 127. The van der Waals surface area contributed by atoms with Gasteiger partial charge in [0.15, 0.2) is 5.96 Å². The fourth-order valence-electron chi connectivity index (χ4n) is 2.90. The molecule has 2 rings (SSSR count). The summed E-state index contributed by atoms with van der Waals surface area (Å²) in [5, 5.41) is 10.1. The van der Waals surface area contributed by atoms with Crippen molar-refractivity contribution in [1.29, 1.82) is 0 Å². The summed E-state index contributed by atoms with van der Waals surface area (Å²) in [5.74, 6) is 1.32. The van der Waals surface area contributed by atoms with Crippen LogP contribution in [0.5, 0.6) is 0 Å². The normalized spacial score (nSPS) is 18.4. The highest BCUT2D eigenvalue weighted by Crippen LogP contribution is 2.18. The summed E-state index contributed by atoms with van der Waals surface area (Å²) in [7, 11) is 3.58. The zero-order valence-electron chi connectivity index (χ0n) is 15.7. The van der Waals surface area contributed by atoms with Crippen LogP contribution in [-0.2, 0) is 11.3 Å². The first-order valence-corrected chi connectivity index (χ1v) is 9.63. The van der Waals surface area contributed by atoms with Crippen LogP contribution in [0.4, 0.5) is 0 Å². The third-order valence-electron chi connectivity index (χ3n) is 4.38. The monoisotopic (exact) mass is 481 g/mol. The zero-order valence-corrected chi connectivity index (χ0v) is 18.9. The van der Waals surface area contributed by atoms with Gasteiger partial charge >= 0.3 is 0 Å². The van der Waals surface area contributed by atoms with Gasteiger partial charge in [-0.3, -0.25) is 9.89 Å². The van der Waals surface area contributed by atoms with Gasteiger partial charge in [0, 0.05) is 38.7 Å². The predicted octanol–water partition coefficient (Wildman–Crippen LogP) is 2.66. The van der Waals surface area contributed by atoms with Crippen molar-refractivity contribution in [2.24, 2.45) is 4.99 Å². The van der Waals surface area contributed by atoms with Gasteiger partial charge in [0.25, 0.3) is 0 Å². The maximum absolute atomic E-state index is 5.20. The Morgan fingerprint density at radius 1 is 1.48 bits per heavy atom. The smallest absolute Gasteiger partial charge is 0.191 e. The molecule has 2 N–H and O–H groups in total. The molecule has 1 aromatic heterocycles. The van der Waals surface area contributed by atoms with Gasteiger partial charge in [-0.05, 0) is 25.3 Å². The second-order valence-electron chi connectivity index (χ2n) is 6.45. The van der Waals surface area contributed by atoms with E-state index in [2.05, 4.69) is 44.7 Å². The molecule has 8 heteroatoms. The van der Waals surface area contributed by atoms with Crippen molar-refractivity contribution in [1.82, 2.24) is 20.5 Å². The van der Waals surface area contributed by atoms with E-state index in [1.165, 1.54) is 25.1 Å². The molecule has 0 aromatic carbocycles. The second kappa shape index (κ2) is 12.0. The van der Waals surface area contributed by atoms with Crippen molar-refractivity contribution in [3.05, 3.63) is 16.1 Å². The van der Waals surface area contributed by atoms with Gasteiger partial charge in [0.1, 0.15) is 5.01 Å². The predicted molar refractivity (Wildman–Crippen MR) is 116 cm³/mol. The maximum atomic E-state index is 5.20. The third-order valence-corrected chi connectivity index (χ3v) is 5.25. The molecule has 1 aliphatic rings. The molecule has 1 atom stereocenters. The van der Waals surface area contributed by atoms with Gasteiger partial charge in [-0.2, -0.15) is 0 Å². The number of halogens is 1. The number of thiazole rings is 1. The van der Waals surface area contributed by atoms with E-state index in [9.17, 15) is 0 Å². The summed E-state index contributed by atoms with van der Waals surface area (Å²) in [6, 6.07) is 0.561. The Kier molecular flexibility index (Phi) is 10.9. The Labute approximate surface area is 172 Å². The summed E-state index contributed by atoms with van der Waals surface area (Å²) in [5.41, 5.74) is 1.17. The number of ether oxygens (including phenoxy) is 1. The number of guanidine groups is 1. The molecule has 6 nitrogen and oxygen atoms in total. The first-order valence-electron chi connectivity index (χ1n) is 8.75. The Morgan fingerprint density at radius 2 is 2.28 bits per heavy atom. The van der Waals surface area contributed by atoms with Crippen molar-refractivity contribution in [2.45, 2.75) is 45.2 Å². The number of nitrogens with zero attached hydrogens (tertiary/aromatic N) is 3. The Morgan fingerprint density at radius 3 is 2.92 bits per heavy atom. The molecule has 1 unspecified atom stereocenters. The van der Waals surface area contributed by atoms with Crippen LogP contribution < -0.4 is 10.6 Å². The van der Waals surface area contributed by atoms with Crippen LogP contribution in [-0.4, -0.2) is 62.3 Å². The average molecular weight is 481 g/mol. The minimum absolute atomic E-state index is 0. The van der Waals surface area contributed by atoms with E-state index in [-0.39, 0.29) is 24.0 Å². The van der Waals surface area contributed by atoms with E-state index in [4.69, 9.17) is 4.74 Å². The SMILES string of the molecule is CN=C(NCc1nc(C(C)C)cs1)NCC1CCCN1CCOC.I. The number of aliphatic imine (C=N–C) groups is 1. The summed E-state index contributed by atoms with van der Waals surface area (Å²) in [6.07, 6.45) is 2.50. The molecular formula is C17H32IN5OS. The Hall–Kier alpha value is -0.450. The molecular weight excluding hydrogens is 449 g/mol. The molecule has 144 valence electrons. The topological polar surface area (TPSA) is 61.8 Å². The van der Waals surface area contributed by atoms with E-state index in [1.54, 1.807) is 18.4 Å². The van der Waals surface area contributed by atoms with Crippen LogP contribution >= 0.6 is 35.3 Å². The first-order chi connectivity index (χ1) is 11.6. The van der Waals surface area contributed by atoms with Crippen LogP contribution in [0.15, 0.2) is 10.4 Å². The van der Waals surface area contributed by atoms with Crippen LogP contribution in [0.2, 0.25) is 0 Å². The van der Waals surface area contributed by atoms with Gasteiger partial charge in [0.2, 0.25) is 0 Å². The number of rotatable bonds is 8. The summed E-state index contributed by atoms with van der Waals surface area (Å²) in [4.78, 5) is 11.5. The zero-order chi connectivity index (χ0) is 17.4. The van der Waals surface area contributed by atoms with E-state index in [0.717, 1.165) is 37.2 Å². The van der Waals surface area contributed by atoms with Crippen molar-refractivity contribution in [3.8, 4) is 0 Å². The van der Waals surface area contributed by atoms with Crippen molar-refractivity contribution < 1.29 is 4.74 Å². The molecule has 2 heterocycles. The molecule has 0 saturated carbocycles. The van der Waals surface area contributed by atoms with Crippen LogP contribution in [0.3, 0.4) is 0 Å². The van der Waals surface area contributed by atoms with Gasteiger partial charge in [0.05, 0.1) is 18.8 Å². The van der Waals surface area contributed by atoms with Crippen LogP contribution in [0, 0.1) is 0 Å². The van der Waals surface area contributed by atoms with Crippen LogP contribution in [0.1, 0.15) is 43.3 Å². The lowest BCUT2D eigenvalue weighted by Gasteiger charge is -2.25. The second-order valence-corrected chi connectivity index (χ2v) is 7.39. The number of hydrogen-bond acceptors (Lipinski definition) is 5. The summed E-state index contributed by atoms with van der Waals surface area (Å²) >= 11 is 1.70. The standard InChI is InChI=1S/C17H31N5OS.HI/c1-13(2)15-12-24-16(21-15)11-20-17(18-3)19-10-14-6-5-7-22(14)8-9-23-4;/h12-14H,5-11H2,1-4H3,(H2,18,19,20);1H. The van der Waals surface area contributed by atoms with Gasteiger partial charge in [-0.15, -0.1) is 35.3 Å². The minimum Gasteiger partial charge on any atom is -0.383 e. The van der Waals surface area contributed by atoms with Gasteiger partial charge in [-0.25, -0.2) is 4.98 Å². The van der Waals surface area contributed by atoms with E-state index >= 15 is 0 Å². The van der Waals surface area contributed by atoms with E-state index in [0.29, 0.717) is 12.0 Å². The van der Waals surface area contributed by atoms with E-state index in [1.807, 2.05) is 7.05 Å². The van der Waals surface area contributed by atoms with Crippen LogP contribution in [0.25, 0.3) is 0 Å². The maximum Gasteiger partial charge on any atom is 0.191 e. The van der Waals surface area contributed by atoms with Crippen molar-refractivity contribution >= 4 is 41.3 Å². The molecule has 1 fully saturated rings. The molecule has 1 aromatic rings. The molecule has 0 bridgehead atoms. The fourth-order valence-corrected chi connectivity index (χ4v) is 3.79. The molecule has 0 aliphatic carbocycles. The molecule has 1 aliphatic heterocycles. The molecule has 25 heavy (non-hydrogen) atoms. The lowest BCUT2D eigenvalue weighted by Crippen LogP contribution is -2.45. The minimum atomic E-state index is 0. The number of methoxy groups -OCH3 is 1. The highest BCUT2D eigenvalue weighted by Gasteiger charge is 2.23. The molecule has 0 spiro atoms. The molecule has 0 radical (unpaired) electrons. The summed E-state index contributed by atoms with van der Waals surface area (Å²) < 4.78 is 5.20. The van der Waals surface area contributed by atoms with E-state index < -0.39 is 0 Å². The van der Waals surface area contributed by atoms with Crippen molar-refractivity contribution in [2.75, 3.05) is 40.4 Å². The quantitative estimate of drug-likeness (QED) is 0.340. The van der Waals surface area contributed by atoms with Gasteiger partial charge in [-0.1, -0.05) is 13.8 Å². The largest absolute Gasteiger partial charge is 0.383 e. The summed E-state index contributed by atoms with van der Waals surface area (Å²) in [6.45, 7) is 8.94. The lowest BCUT2D eigenvalue weighted by atomic mass is 10.2. The lowest BCUT2D eigenvalue weighted by molar-refractivity contribution is 0.141. The fraction of sp³-hybridized carbons (Fsp3) is 0.765. The number of nitrogens with one attached hydrogen (secondary N) is 2. The van der Waals surface area contributed by atoms with Crippen molar-refractivity contribution in [3.63, 3.8) is 0 Å². The highest BCUT2D eigenvalue weighted by molar-refractivity contribution is 14.0.